The van der Waals surface area contributed by atoms with Crippen LogP contribution in [-0.4, -0.2) is 46.6 Å². The van der Waals surface area contributed by atoms with Gasteiger partial charge in [0.25, 0.3) is 5.91 Å². The van der Waals surface area contributed by atoms with Gasteiger partial charge < -0.3 is 5.32 Å². The summed E-state index contributed by atoms with van der Waals surface area (Å²) in [6.07, 6.45) is 4.46. The van der Waals surface area contributed by atoms with Crippen LogP contribution in [-0.2, 0) is 9.84 Å². The van der Waals surface area contributed by atoms with Gasteiger partial charge in [0.2, 0.25) is 0 Å². The van der Waals surface area contributed by atoms with Crippen molar-refractivity contribution in [3.63, 3.8) is 0 Å². The fourth-order valence-corrected chi connectivity index (χ4v) is 5.77. The molecule has 1 aliphatic heterocycles. The molecular weight excluding hydrogens is 376 g/mol. The minimum atomic E-state index is -3.03. The number of nitrogens with zero attached hydrogens (tertiary/aromatic N) is 3. The molecule has 152 valence electrons. The molecule has 2 fully saturated rings. The SMILES string of the molecule is CCC(CC)NC(=O)c1cc(C2CC2)nc2c1c(C)nn2C1CCS(=O)(=O)C1. The number of fused-ring (bicyclic) bond motifs is 1. The number of aryl methyl sites for hydroxylation is 1. The van der Waals surface area contributed by atoms with E-state index in [1.54, 1.807) is 4.68 Å². The molecule has 1 amide bonds. The molecule has 0 aromatic carbocycles. The number of amides is 1. The van der Waals surface area contributed by atoms with Crippen LogP contribution in [0.3, 0.4) is 0 Å². The zero-order valence-electron chi connectivity index (χ0n) is 16.7. The van der Waals surface area contributed by atoms with E-state index >= 15 is 0 Å². The maximum atomic E-state index is 13.1. The summed E-state index contributed by atoms with van der Waals surface area (Å²) in [7, 11) is -3.03. The second-order valence-corrected chi connectivity index (χ2v) is 10.4. The van der Waals surface area contributed by atoms with Gasteiger partial charge in [-0.1, -0.05) is 13.8 Å². The number of aromatic nitrogens is 3. The number of pyridine rings is 1. The van der Waals surface area contributed by atoms with Crippen LogP contribution in [0.5, 0.6) is 0 Å². The first-order chi connectivity index (χ1) is 13.3. The molecule has 1 N–H and O–H groups in total. The van der Waals surface area contributed by atoms with Gasteiger partial charge in [-0.25, -0.2) is 18.1 Å². The molecule has 8 heteroatoms. The zero-order valence-corrected chi connectivity index (χ0v) is 17.6. The van der Waals surface area contributed by atoms with E-state index in [0.29, 0.717) is 23.5 Å². The van der Waals surface area contributed by atoms with Crippen molar-refractivity contribution in [1.29, 1.82) is 0 Å². The second-order valence-electron chi connectivity index (χ2n) is 8.14. The third-order valence-corrected chi connectivity index (χ3v) is 7.72. The highest BCUT2D eigenvalue weighted by atomic mass is 32.2. The van der Waals surface area contributed by atoms with Crippen molar-refractivity contribution in [2.75, 3.05) is 11.5 Å². The van der Waals surface area contributed by atoms with Crippen molar-refractivity contribution in [2.24, 2.45) is 0 Å². The highest BCUT2D eigenvalue weighted by Gasteiger charge is 2.34. The number of nitrogens with one attached hydrogen (secondary N) is 1. The van der Waals surface area contributed by atoms with Crippen LogP contribution in [0.2, 0.25) is 0 Å². The van der Waals surface area contributed by atoms with Crippen LogP contribution in [0.4, 0.5) is 0 Å². The quantitative estimate of drug-likeness (QED) is 0.799. The molecule has 1 saturated heterocycles. The first-order valence-corrected chi connectivity index (χ1v) is 12.1. The van der Waals surface area contributed by atoms with E-state index < -0.39 is 9.84 Å². The largest absolute Gasteiger partial charge is 0.349 e. The summed E-state index contributed by atoms with van der Waals surface area (Å²) in [4.78, 5) is 17.9. The van der Waals surface area contributed by atoms with E-state index in [2.05, 4.69) is 24.3 Å². The molecule has 3 heterocycles. The third kappa shape index (κ3) is 3.54. The fraction of sp³-hybridized carbons (Fsp3) is 0.650. The number of carbonyl (C=O) groups is 1. The van der Waals surface area contributed by atoms with Crippen molar-refractivity contribution >= 4 is 26.8 Å². The molecule has 2 aromatic rings. The summed E-state index contributed by atoms with van der Waals surface area (Å²) in [5.41, 5.74) is 2.91. The van der Waals surface area contributed by atoms with Crippen LogP contribution >= 0.6 is 0 Å². The van der Waals surface area contributed by atoms with Crippen molar-refractivity contribution in [3.05, 3.63) is 23.0 Å². The molecule has 4 rings (SSSR count). The predicted octanol–water partition coefficient (Wildman–Crippen LogP) is 2.90. The highest BCUT2D eigenvalue weighted by molar-refractivity contribution is 7.91. The minimum Gasteiger partial charge on any atom is -0.349 e. The normalized spacial score (nSPS) is 21.5. The molecule has 1 saturated carbocycles. The van der Waals surface area contributed by atoms with Crippen LogP contribution < -0.4 is 5.32 Å². The van der Waals surface area contributed by atoms with E-state index in [1.807, 2.05) is 13.0 Å². The Balaban J connectivity index is 1.82. The molecule has 0 radical (unpaired) electrons. The number of rotatable bonds is 6. The molecule has 28 heavy (non-hydrogen) atoms. The lowest BCUT2D eigenvalue weighted by molar-refractivity contribution is 0.0936. The van der Waals surface area contributed by atoms with Gasteiger partial charge in [0.15, 0.2) is 15.5 Å². The Morgan fingerprint density at radius 3 is 2.57 bits per heavy atom. The lowest BCUT2D eigenvalue weighted by Gasteiger charge is -2.16. The van der Waals surface area contributed by atoms with E-state index in [-0.39, 0.29) is 29.5 Å². The average molecular weight is 405 g/mol. The van der Waals surface area contributed by atoms with Crippen molar-refractivity contribution in [1.82, 2.24) is 20.1 Å². The zero-order chi connectivity index (χ0) is 20.1. The van der Waals surface area contributed by atoms with E-state index in [1.165, 1.54) is 0 Å². The van der Waals surface area contributed by atoms with Gasteiger partial charge in [0.05, 0.1) is 34.2 Å². The number of carbonyl (C=O) groups excluding carboxylic acids is 1. The van der Waals surface area contributed by atoms with Gasteiger partial charge in [0, 0.05) is 17.7 Å². The molecule has 0 bridgehead atoms. The lowest BCUT2D eigenvalue weighted by atomic mass is 10.1. The van der Waals surface area contributed by atoms with Gasteiger partial charge in [-0.3, -0.25) is 4.79 Å². The monoisotopic (exact) mass is 404 g/mol. The number of sulfone groups is 1. The summed E-state index contributed by atoms with van der Waals surface area (Å²) in [5, 5.41) is 8.51. The van der Waals surface area contributed by atoms with Crippen LogP contribution in [0.25, 0.3) is 11.0 Å². The molecular formula is C20H28N4O3S. The topological polar surface area (TPSA) is 93.9 Å². The van der Waals surface area contributed by atoms with Gasteiger partial charge in [-0.05, 0) is 45.1 Å². The van der Waals surface area contributed by atoms with Crippen molar-refractivity contribution < 1.29 is 13.2 Å². The Kier molecular flexibility index (Phi) is 4.93. The maximum Gasteiger partial charge on any atom is 0.252 e. The Morgan fingerprint density at radius 2 is 2.00 bits per heavy atom. The Hall–Kier alpha value is -1.96. The Bertz CT molecular complexity index is 1020. The molecule has 1 aliphatic carbocycles. The van der Waals surface area contributed by atoms with E-state index in [0.717, 1.165) is 42.5 Å². The van der Waals surface area contributed by atoms with E-state index in [9.17, 15) is 13.2 Å². The summed E-state index contributed by atoms with van der Waals surface area (Å²) in [6.45, 7) is 6.00. The smallest absolute Gasteiger partial charge is 0.252 e. The first kappa shape index (κ1) is 19.4. The number of hydrogen-bond acceptors (Lipinski definition) is 5. The fourth-order valence-electron chi connectivity index (χ4n) is 4.08. The second kappa shape index (κ2) is 7.13. The third-order valence-electron chi connectivity index (χ3n) is 5.97. The van der Waals surface area contributed by atoms with Crippen LogP contribution in [0, 0.1) is 6.92 Å². The summed E-state index contributed by atoms with van der Waals surface area (Å²) < 4.78 is 25.7. The van der Waals surface area contributed by atoms with Crippen LogP contribution in [0.15, 0.2) is 6.07 Å². The summed E-state index contributed by atoms with van der Waals surface area (Å²) >= 11 is 0. The average Bonchev–Trinajstić information content (AvgIpc) is 3.38. The van der Waals surface area contributed by atoms with Crippen molar-refractivity contribution in [3.8, 4) is 0 Å². The van der Waals surface area contributed by atoms with Gasteiger partial charge in [0.1, 0.15) is 0 Å². The van der Waals surface area contributed by atoms with Gasteiger partial charge >= 0.3 is 0 Å². The Morgan fingerprint density at radius 1 is 1.29 bits per heavy atom. The van der Waals surface area contributed by atoms with Crippen LogP contribution in [0.1, 0.15) is 79.7 Å². The first-order valence-electron chi connectivity index (χ1n) is 10.2. The molecule has 1 atom stereocenters. The predicted molar refractivity (Wildman–Crippen MR) is 108 cm³/mol. The summed E-state index contributed by atoms with van der Waals surface area (Å²) in [5.74, 6) is 0.570. The van der Waals surface area contributed by atoms with Crippen molar-refractivity contribution in [2.45, 2.75) is 70.9 Å². The molecule has 0 spiro atoms. The summed E-state index contributed by atoms with van der Waals surface area (Å²) in [6, 6.07) is 1.84. The highest BCUT2D eigenvalue weighted by Crippen LogP contribution is 2.41. The van der Waals surface area contributed by atoms with Gasteiger partial charge in [-0.2, -0.15) is 5.10 Å². The molecule has 2 aliphatic rings. The van der Waals surface area contributed by atoms with E-state index in [4.69, 9.17) is 4.98 Å². The Labute approximate surface area is 165 Å². The standard InChI is InChI=1S/C20H28N4O3S/c1-4-14(5-2)21-20(25)16-10-17(13-6-7-13)22-19-18(16)12(3)23-24(19)15-8-9-28(26,27)11-15/h10,13-15H,4-9,11H2,1-3H3,(H,21,25). The maximum absolute atomic E-state index is 13.1. The minimum absolute atomic E-state index is 0.0911. The molecule has 7 nitrogen and oxygen atoms in total. The number of hydrogen-bond donors (Lipinski definition) is 1. The van der Waals surface area contributed by atoms with Gasteiger partial charge in [-0.15, -0.1) is 0 Å². The molecule has 2 aromatic heterocycles. The molecule has 1 unspecified atom stereocenters. The lowest BCUT2D eigenvalue weighted by Crippen LogP contribution is -2.34.